The van der Waals surface area contributed by atoms with Gasteiger partial charge in [0.1, 0.15) is 6.04 Å². The molecule has 0 aliphatic carbocycles. The summed E-state index contributed by atoms with van der Waals surface area (Å²) < 4.78 is 0. The third-order valence-corrected chi connectivity index (χ3v) is 3.97. The number of carbonyl (C=O) groups excluding carboxylic acids is 1. The zero-order chi connectivity index (χ0) is 16.7. The smallest absolute Gasteiger partial charge is 0.326 e. The number of carboxylic acids is 1. The molecule has 0 bridgehead atoms. The van der Waals surface area contributed by atoms with Crippen molar-refractivity contribution in [3.8, 4) is 0 Å². The first-order valence-electron chi connectivity index (χ1n) is 7.39. The molecule has 0 spiro atoms. The van der Waals surface area contributed by atoms with Gasteiger partial charge in [-0.25, -0.2) is 4.79 Å². The van der Waals surface area contributed by atoms with Crippen molar-refractivity contribution in [1.29, 1.82) is 0 Å². The van der Waals surface area contributed by atoms with Crippen molar-refractivity contribution >= 4 is 24.5 Å². The SMILES string of the molecule is O=C(CCc1ccccc1S)N[C@@H](Cc1ccccc1)C(=O)O. The Bertz CT molecular complexity index is 673. The quantitative estimate of drug-likeness (QED) is 0.684. The molecule has 0 radical (unpaired) electrons. The van der Waals surface area contributed by atoms with E-state index in [1.54, 1.807) is 0 Å². The van der Waals surface area contributed by atoms with Crippen molar-refractivity contribution in [2.75, 3.05) is 0 Å². The molecule has 2 aromatic carbocycles. The molecule has 2 rings (SSSR count). The maximum Gasteiger partial charge on any atom is 0.326 e. The molecule has 23 heavy (non-hydrogen) atoms. The minimum Gasteiger partial charge on any atom is -0.480 e. The molecular weight excluding hydrogens is 310 g/mol. The minimum absolute atomic E-state index is 0.232. The van der Waals surface area contributed by atoms with E-state index >= 15 is 0 Å². The Morgan fingerprint density at radius 1 is 1.04 bits per heavy atom. The lowest BCUT2D eigenvalue weighted by Gasteiger charge is -2.15. The highest BCUT2D eigenvalue weighted by Gasteiger charge is 2.20. The molecule has 0 aromatic heterocycles. The first-order chi connectivity index (χ1) is 11.1. The van der Waals surface area contributed by atoms with E-state index in [0.717, 1.165) is 16.0 Å². The van der Waals surface area contributed by atoms with Gasteiger partial charge in [0, 0.05) is 17.7 Å². The summed E-state index contributed by atoms with van der Waals surface area (Å²) in [5.41, 5.74) is 1.85. The predicted molar refractivity (Wildman–Crippen MR) is 91.7 cm³/mol. The maximum absolute atomic E-state index is 12.0. The van der Waals surface area contributed by atoms with Crippen molar-refractivity contribution in [3.63, 3.8) is 0 Å². The molecule has 0 aliphatic rings. The van der Waals surface area contributed by atoms with E-state index in [1.807, 2.05) is 54.6 Å². The number of hydrogen-bond acceptors (Lipinski definition) is 3. The number of carboxylic acid groups (broad SMARTS) is 1. The van der Waals surface area contributed by atoms with Crippen LogP contribution in [-0.2, 0) is 22.4 Å². The van der Waals surface area contributed by atoms with Crippen molar-refractivity contribution in [2.45, 2.75) is 30.2 Å². The van der Waals surface area contributed by atoms with E-state index in [-0.39, 0.29) is 18.7 Å². The normalized spacial score (nSPS) is 11.7. The molecule has 2 N–H and O–H groups in total. The van der Waals surface area contributed by atoms with E-state index in [4.69, 9.17) is 0 Å². The van der Waals surface area contributed by atoms with Crippen molar-refractivity contribution < 1.29 is 14.7 Å². The van der Waals surface area contributed by atoms with E-state index < -0.39 is 12.0 Å². The van der Waals surface area contributed by atoms with Crippen molar-refractivity contribution in [3.05, 3.63) is 65.7 Å². The Labute approximate surface area is 141 Å². The monoisotopic (exact) mass is 329 g/mol. The minimum atomic E-state index is -1.03. The molecule has 1 atom stereocenters. The van der Waals surface area contributed by atoms with Gasteiger partial charge in [-0.05, 0) is 23.6 Å². The van der Waals surface area contributed by atoms with Gasteiger partial charge < -0.3 is 10.4 Å². The second-order valence-corrected chi connectivity index (χ2v) is 5.76. The van der Waals surface area contributed by atoms with Crippen LogP contribution in [0.15, 0.2) is 59.5 Å². The summed E-state index contributed by atoms with van der Waals surface area (Å²) in [4.78, 5) is 24.2. The highest BCUT2D eigenvalue weighted by molar-refractivity contribution is 7.80. The summed E-state index contributed by atoms with van der Waals surface area (Å²) in [6.07, 6.45) is 1.03. The number of benzene rings is 2. The molecule has 4 nitrogen and oxygen atoms in total. The number of nitrogens with one attached hydrogen (secondary N) is 1. The van der Waals surface area contributed by atoms with Crippen molar-refractivity contribution in [2.24, 2.45) is 0 Å². The number of rotatable bonds is 7. The van der Waals surface area contributed by atoms with Crippen LogP contribution in [0.4, 0.5) is 0 Å². The van der Waals surface area contributed by atoms with Crippen LogP contribution >= 0.6 is 12.6 Å². The Hall–Kier alpha value is -2.27. The molecule has 0 saturated heterocycles. The molecule has 0 fully saturated rings. The van der Waals surface area contributed by atoms with E-state index in [0.29, 0.717) is 6.42 Å². The summed E-state index contributed by atoms with van der Waals surface area (Å²) in [6.45, 7) is 0. The van der Waals surface area contributed by atoms with Gasteiger partial charge in [0.2, 0.25) is 5.91 Å². The number of carbonyl (C=O) groups is 2. The molecule has 0 saturated carbocycles. The Balaban J connectivity index is 1.91. The van der Waals surface area contributed by atoms with Gasteiger partial charge >= 0.3 is 5.97 Å². The molecule has 1 amide bonds. The molecular formula is C18H19NO3S. The summed E-state index contributed by atoms with van der Waals surface area (Å²) in [5.74, 6) is -1.30. The molecule has 0 unspecified atom stereocenters. The zero-order valence-electron chi connectivity index (χ0n) is 12.6. The average molecular weight is 329 g/mol. The van der Waals surface area contributed by atoms with E-state index in [1.165, 1.54) is 0 Å². The summed E-state index contributed by atoms with van der Waals surface area (Å²) in [7, 11) is 0. The standard InChI is InChI=1S/C18H19NO3S/c20-17(11-10-14-8-4-5-9-16(14)23)19-15(18(21)22)12-13-6-2-1-3-7-13/h1-9,15,23H,10-12H2,(H,19,20)(H,21,22)/t15-/m0/s1. The Morgan fingerprint density at radius 2 is 1.70 bits per heavy atom. The lowest BCUT2D eigenvalue weighted by Crippen LogP contribution is -2.42. The van der Waals surface area contributed by atoms with E-state index in [2.05, 4.69) is 17.9 Å². The third kappa shape index (κ3) is 5.45. The highest BCUT2D eigenvalue weighted by Crippen LogP contribution is 2.14. The van der Waals surface area contributed by atoms with Gasteiger partial charge in [0.25, 0.3) is 0 Å². The number of thiol groups is 1. The third-order valence-electron chi connectivity index (χ3n) is 3.53. The van der Waals surface area contributed by atoms with Crippen LogP contribution in [0, 0.1) is 0 Å². The first-order valence-corrected chi connectivity index (χ1v) is 7.84. The topological polar surface area (TPSA) is 66.4 Å². The van der Waals surface area contributed by atoms with Gasteiger partial charge in [-0.3, -0.25) is 4.79 Å². The summed E-state index contributed by atoms with van der Waals surface area (Å²) >= 11 is 4.34. The summed E-state index contributed by atoms with van der Waals surface area (Å²) in [5, 5.41) is 11.9. The van der Waals surface area contributed by atoms with Crippen molar-refractivity contribution in [1.82, 2.24) is 5.32 Å². The van der Waals surface area contributed by atoms with Crippen LogP contribution in [-0.4, -0.2) is 23.0 Å². The van der Waals surface area contributed by atoms with Gasteiger partial charge in [0.15, 0.2) is 0 Å². The average Bonchev–Trinajstić information content (AvgIpc) is 2.54. The van der Waals surface area contributed by atoms with Gasteiger partial charge in [-0.15, -0.1) is 12.6 Å². The fourth-order valence-corrected chi connectivity index (χ4v) is 2.56. The first kappa shape index (κ1) is 17.1. The van der Waals surface area contributed by atoms with Crippen LogP contribution in [0.5, 0.6) is 0 Å². The second-order valence-electron chi connectivity index (χ2n) is 5.28. The molecule has 5 heteroatoms. The van der Waals surface area contributed by atoms with Gasteiger partial charge in [0.05, 0.1) is 0 Å². The molecule has 0 heterocycles. The zero-order valence-corrected chi connectivity index (χ0v) is 13.5. The molecule has 0 aliphatic heterocycles. The fraction of sp³-hybridized carbons (Fsp3) is 0.222. The lowest BCUT2D eigenvalue weighted by molar-refractivity contribution is -0.141. The number of amides is 1. The van der Waals surface area contributed by atoms with E-state index in [9.17, 15) is 14.7 Å². The number of hydrogen-bond donors (Lipinski definition) is 3. The molecule has 2 aromatic rings. The lowest BCUT2D eigenvalue weighted by atomic mass is 10.1. The predicted octanol–water partition coefficient (Wildman–Crippen LogP) is 2.72. The highest BCUT2D eigenvalue weighted by atomic mass is 32.1. The van der Waals surface area contributed by atoms with Crippen LogP contribution in [0.2, 0.25) is 0 Å². The second kappa shape index (κ2) is 8.39. The van der Waals surface area contributed by atoms with Crippen LogP contribution in [0.25, 0.3) is 0 Å². The van der Waals surface area contributed by atoms with Crippen LogP contribution < -0.4 is 5.32 Å². The Morgan fingerprint density at radius 3 is 2.35 bits per heavy atom. The number of aliphatic carboxylic acids is 1. The van der Waals surface area contributed by atoms with Crippen LogP contribution in [0.3, 0.4) is 0 Å². The molecule has 120 valence electrons. The van der Waals surface area contributed by atoms with Gasteiger partial charge in [-0.1, -0.05) is 48.5 Å². The maximum atomic E-state index is 12.0. The van der Waals surface area contributed by atoms with Gasteiger partial charge in [-0.2, -0.15) is 0 Å². The Kier molecular flexibility index (Phi) is 6.23. The fourth-order valence-electron chi connectivity index (χ4n) is 2.29. The summed E-state index contributed by atoms with van der Waals surface area (Å²) in [6, 6.07) is 15.9. The van der Waals surface area contributed by atoms with Crippen LogP contribution in [0.1, 0.15) is 17.5 Å². The largest absolute Gasteiger partial charge is 0.480 e. The number of aryl methyl sites for hydroxylation is 1.